The lowest BCUT2D eigenvalue weighted by Crippen LogP contribution is -2.44. The van der Waals surface area contributed by atoms with E-state index in [2.05, 4.69) is 0 Å². The molecule has 0 bridgehead atoms. The minimum atomic E-state index is -0.241. The van der Waals surface area contributed by atoms with Crippen LogP contribution in [0.1, 0.15) is 20.7 Å². The Balaban J connectivity index is 1.57. The molecule has 6 heteroatoms. The maximum Gasteiger partial charge on any atom is 0.257 e. The molecule has 1 saturated heterocycles. The number of para-hydroxylation sites is 1. The highest BCUT2D eigenvalue weighted by Gasteiger charge is 2.43. The number of likely N-dealkylation sites (tertiary alicyclic amines) is 1. The van der Waals surface area contributed by atoms with E-state index >= 15 is 0 Å². The normalized spacial score (nSPS) is 21.5. The first kappa shape index (κ1) is 16.4. The summed E-state index contributed by atoms with van der Waals surface area (Å²) in [5.41, 5.74) is 1.16. The average molecular weight is 352 g/mol. The maximum atomic E-state index is 12.8. The second kappa shape index (κ2) is 6.37. The predicted octanol–water partition coefficient (Wildman–Crippen LogP) is 2.05. The summed E-state index contributed by atoms with van der Waals surface area (Å²) >= 11 is 0. The molecule has 6 nitrogen and oxygen atoms in total. The van der Waals surface area contributed by atoms with E-state index in [-0.39, 0.29) is 24.0 Å². The van der Waals surface area contributed by atoms with Gasteiger partial charge in [-0.2, -0.15) is 0 Å². The van der Waals surface area contributed by atoms with Crippen molar-refractivity contribution in [2.24, 2.45) is 0 Å². The van der Waals surface area contributed by atoms with Crippen LogP contribution in [0.3, 0.4) is 0 Å². The number of fused-ring (bicyclic) bond motifs is 2. The highest BCUT2D eigenvalue weighted by atomic mass is 16.5. The van der Waals surface area contributed by atoms with Gasteiger partial charge < -0.3 is 19.3 Å². The zero-order valence-corrected chi connectivity index (χ0v) is 14.7. The SMILES string of the molecule is COc1ccc(C(=O)N2C[C@@H]3Oc4ccccc4C(=O)N(C)[C@@H]3C2)cc1. The van der Waals surface area contributed by atoms with Crippen LogP contribution in [0, 0.1) is 0 Å². The number of amides is 2. The minimum Gasteiger partial charge on any atom is -0.497 e. The number of rotatable bonds is 2. The summed E-state index contributed by atoms with van der Waals surface area (Å²) in [7, 11) is 3.36. The third kappa shape index (κ3) is 2.67. The molecule has 2 aromatic carbocycles. The monoisotopic (exact) mass is 352 g/mol. The maximum absolute atomic E-state index is 12.8. The number of carbonyl (C=O) groups excluding carboxylic acids is 2. The molecule has 26 heavy (non-hydrogen) atoms. The highest BCUT2D eigenvalue weighted by molar-refractivity contribution is 5.98. The van der Waals surface area contributed by atoms with Crippen molar-refractivity contribution in [3.05, 3.63) is 59.7 Å². The van der Waals surface area contributed by atoms with Crippen LogP contribution in [-0.2, 0) is 0 Å². The lowest BCUT2D eigenvalue weighted by atomic mass is 10.1. The number of methoxy groups -OCH3 is 1. The Labute approximate surface area is 151 Å². The Morgan fingerprint density at radius 2 is 1.85 bits per heavy atom. The number of hydrogen-bond acceptors (Lipinski definition) is 4. The highest BCUT2D eigenvalue weighted by Crippen LogP contribution is 2.31. The van der Waals surface area contributed by atoms with Gasteiger partial charge in [0.15, 0.2) is 0 Å². The summed E-state index contributed by atoms with van der Waals surface area (Å²) in [6, 6.07) is 14.1. The quantitative estimate of drug-likeness (QED) is 0.830. The fourth-order valence-corrected chi connectivity index (χ4v) is 3.58. The molecule has 0 N–H and O–H groups in total. The second-order valence-electron chi connectivity index (χ2n) is 6.57. The summed E-state index contributed by atoms with van der Waals surface area (Å²) in [6.45, 7) is 0.896. The van der Waals surface area contributed by atoms with Crippen molar-refractivity contribution < 1.29 is 19.1 Å². The molecule has 2 aliphatic heterocycles. The average Bonchev–Trinajstić information content (AvgIpc) is 3.06. The molecule has 2 aromatic rings. The first-order valence-electron chi connectivity index (χ1n) is 8.54. The molecular weight excluding hydrogens is 332 g/mol. The zero-order valence-electron chi connectivity index (χ0n) is 14.7. The van der Waals surface area contributed by atoms with E-state index in [0.29, 0.717) is 35.7 Å². The first-order valence-corrected chi connectivity index (χ1v) is 8.54. The lowest BCUT2D eigenvalue weighted by Gasteiger charge is -2.25. The van der Waals surface area contributed by atoms with Crippen molar-refractivity contribution >= 4 is 11.8 Å². The molecule has 1 fully saturated rings. The molecule has 4 rings (SSSR count). The fourth-order valence-electron chi connectivity index (χ4n) is 3.58. The van der Waals surface area contributed by atoms with Gasteiger partial charge in [0.1, 0.15) is 17.6 Å². The van der Waals surface area contributed by atoms with Gasteiger partial charge in [0.2, 0.25) is 0 Å². The zero-order chi connectivity index (χ0) is 18.3. The summed E-state index contributed by atoms with van der Waals surface area (Å²) in [4.78, 5) is 29.0. The van der Waals surface area contributed by atoms with Gasteiger partial charge in [-0.15, -0.1) is 0 Å². The van der Waals surface area contributed by atoms with E-state index in [1.807, 2.05) is 12.1 Å². The lowest BCUT2D eigenvalue weighted by molar-refractivity contribution is 0.0674. The molecule has 0 aromatic heterocycles. The van der Waals surface area contributed by atoms with Crippen molar-refractivity contribution in [2.75, 3.05) is 27.2 Å². The van der Waals surface area contributed by atoms with Gasteiger partial charge in [0, 0.05) is 19.2 Å². The van der Waals surface area contributed by atoms with E-state index in [4.69, 9.17) is 9.47 Å². The predicted molar refractivity (Wildman–Crippen MR) is 95.6 cm³/mol. The summed E-state index contributed by atoms with van der Waals surface area (Å²) in [5, 5.41) is 0. The molecule has 2 aliphatic rings. The molecule has 0 unspecified atom stereocenters. The van der Waals surface area contributed by atoms with E-state index in [1.165, 1.54) is 0 Å². The Hall–Kier alpha value is -3.02. The second-order valence-corrected chi connectivity index (χ2v) is 6.57. The number of ether oxygens (including phenoxy) is 2. The topological polar surface area (TPSA) is 59.1 Å². The van der Waals surface area contributed by atoms with Crippen molar-refractivity contribution in [2.45, 2.75) is 12.1 Å². The van der Waals surface area contributed by atoms with Crippen LogP contribution >= 0.6 is 0 Å². The van der Waals surface area contributed by atoms with Crippen LogP contribution in [0.2, 0.25) is 0 Å². The Morgan fingerprint density at radius 3 is 2.58 bits per heavy atom. The van der Waals surface area contributed by atoms with Crippen molar-refractivity contribution in [1.82, 2.24) is 9.80 Å². The number of carbonyl (C=O) groups is 2. The largest absolute Gasteiger partial charge is 0.497 e. The van der Waals surface area contributed by atoms with Crippen molar-refractivity contribution in [3.63, 3.8) is 0 Å². The molecule has 134 valence electrons. The summed E-state index contributed by atoms with van der Waals surface area (Å²) < 4.78 is 11.2. The molecule has 2 amide bonds. The van der Waals surface area contributed by atoms with Crippen LogP contribution < -0.4 is 9.47 Å². The van der Waals surface area contributed by atoms with E-state index < -0.39 is 0 Å². The summed E-state index contributed by atoms with van der Waals surface area (Å²) in [6.07, 6.45) is -0.241. The molecule has 0 aliphatic carbocycles. The van der Waals surface area contributed by atoms with Crippen LogP contribution in [0.25, 0.3) is 0 Å². The van der Waals surface area contributed by atoms with E-state index in [0.717, 1.165) is 0 Å². The Morgan fingerprint density at radius 1 is 1.12 bits per heavy atom. The Bertz CT molecular complexity index is 849. The molecule has 0 radical (unpaired) electrons. The molecule has 2 heterocycles. The van der Waals surface area contributed by atoms with Crippen LogP contribution in [0.5, 0.6) is 11.5 Å². The smallest absolute Gasteiger partial charge is 0.257 e. The van der Waals surface area contributed by atoms with Crippen LogP contribution in [0.4, 0.5) is 0 Å². The van der Waals surface area contributed by atoms with Gasteiger partial charge in [-0.05, 0) is 36.4 Å². The van der Waals surface area contributed by atoms with Crippen molar-refractivity contribution in [1.29, 1.82) is 0 Å². The van der Waals surface area contributed by atoms with Gasteiger partial charge in [0.05, 0.1) is 25.3 Å². The standard InChI is InChI=1S/C20H20N2O4/c1-21-16-11-22(19(23)13-7-9-14(25-2)10-8-13)12-18(16)26-17-6-4-3-5-15(17)20(21)24/h3-10,16,18H,11-12H2,1-2H3/t16-,18+/m1/s1. The third-order valence-electron chi connectivity index (χ3n) is 5.07. The first-order chi connectivity index (χ1) is 12.6. The Kier molecular flexibility index (Phi) is 4.03. The van der Waals surface area contributed by atoms with Crippen LogP contribution in [0.15, 0.2) is 48.5 Å². The summed E-state index contributed by atoms with van der Waals surface area (Å²) in [5.74, 6) is 1.14. The van der Waals surface area contributed by atoms with Gasteiger partial charge in [-0.25, -0.2) is 0 Å². The number of benzene rings is 2. The van der Waals surface area contributed by atoms with Crippen molar-refractivity contribution in [3.8, 4) is 11.5 Å². The van der Waals surface area contributed by atoms with Gasteiger partial charge in [-0.1, -0.05) is 12.1 Å². The number of nitrogens with zero attached hydrogens (tertiary/aromatic N) is 2. The molecule has 0 saturated carbocycles. The van der Waals surface area contributed by atoms with E-state index in [1.54, 1.807) is 60.4 Å². The van der Waals surface area contributed by atoms with Crippen LogP contribution in [-0.4, -0.2) is 61.0 Å². The van der Waals surface area contributed by atoms with E-state index in [9.17, 15) is 9.59 Å². The van der Waals surface area contributed by atoms with Gasteiger partial charge in [-0.3, -0.25) is 9.59 Å². The van der Waals surface area contributed by atoms with Gasteiger partial charge in [0.25, 0.3) is 11.8 Å². The fraction of sp³-hybridized carbons (Fsp3) is 0.300. The third-order valence-corrected chi connectivity index (χ3v) is 5.07. The molecule has 0 spiro atoms. The molecule has 2 atom stereocenters. The number of likely N-dealkylation sites (N-methyl/N-ethyl adjacent to an activating group) is 1. The van der Waals surface area contributed by atoms with Gasteiger partial charge >= 0.3 is 0 Å². The number of hydrogen-bond donors (Lipinski definition) is 0. The minimum absolute atomic E-state index is 0.0709. The molecular formula is C20H20N2O4.